The molecule has 1 aromatic carbocycles. The lowest BCUT2D eigenvalue weighted by Gasteiger charge is -2.36. The third-order valence-corrected chi connectivity index (χ3v) is 4.97. The molecule has 0 aliphatic carbocycles. The summed E-state index contributed by atoms with van der Waals surface area (Å²) in [5.41, 5.74) is 1.17. The minimum atomic E-state index is 0.591. The summed E-state index contributed by atoms with van der Waals surface area (Å²) in [5, 5.41) is 3.71. The molecule has 1 aromatic heterocycles. The van der Waals surface area contributed by atoms with Gasteiger partial charge in [0.1, 0.15) is 0 Å². The second-order valence-electron chi connectivity index (χ2n) is 6.31. The van der Waals surface area contributed by atoms with Gasteiger partial charge in [0.25, 0.3) is 0 Å². The van der Waals surface area contributed by atoms with Gasteiger partial charge in [-0.25, -0.2) is 4.98 Å². The Hall–Kier alpha value is -1.81. The first kappa shape index (κ1) is 12.9. The number of anilines is 1. The fourth-order valence-corrected chi connectivity index (χ4v) is 3.85. The molecule has 2 atom stereocenters. The molecule has 2 saturated heterocycles. The van der Waals surface area contributed by atoms with Gasteiger partial charge in [-0.1, -0.05) is 18.2 Å². The molecule has 4 heteroatoms. The van der Waals surface area contributed by atoms with Crippen molar-refractivity contribution in [1.82, 2.24) is 14.9 Å². The van der Waals surface area contributed by atoms with Crippen molar-refractivity contribution in [2.45, 2.75) is 43.8 Å². The van der Waals surface area contributed by atoms with Crippen LogP contribution in [0, 0.1) is 0 Å². The van der Waals surface area contributed by atoms with E-state index in [2.05, 4.69) is 57.3 Å². The molecule has 2 aromatic rings. The summed E-state index contributed by atoms with van der Waals surface area (Å²) in [4.78, 5) is 6.98. The molecule has 2 unspecified atom stereocenters. The normalized spacial score (nSPS) is 27.8. The number of hydrogen-bond donors (Lipinski definition) is 1. The molecule has 0 saturated carbocycles. The Kier molecular flexibility index (Phi) is 3.19. The van der Waals surface area contributed by atoms with Crippen molar-refractivity contribution in [1.29, 1.82) is 0 Å². The van der Waals surface area contributed by atoms with E-state index in [1.54, 1.807) is 0 Å². The lowest BCUT2D eigenvalue weighted by atomic mass is 9.99. The maximum atomic E-state index is 4.61. The average molecular weight is 282 g/mol. The van der Waals surface area contributed by atoms with Crippen LogP contribution in [0.5, 0.6) is 0 Å². The van der Waals surface area contributed by atoms with Gasteiger partial charge >= 0.3 is 0 Å². The summed E-state index contributed by atoms with van der Waals surface area (Å²) in [5.74, 6) is 1.05. The standard InChI is InChI=1S/C17H22N4/c1-20(16-11-13-7-8-14(12-16)19-13)17-18-9-10-21(17)15-5-3-2-4-6-15/h2-6,9-10,13-14,16,19H,7-8,11-12H2,1H3. The second kappa shape index (κ2) is 5.19. The number of benzene rings is 1. The van der Waals surface area contributed by atoms with Crippen LogP contribution in [0.25, 0.3) is 5.69 Å². The highest BCUT2D eigenvalue weighted by Crippen LogP contribution is 2.31. The highest BCUT2D eigenvalue weighted by molar-refractivity contribution is 5.44. The molecule has 3 heterocycles. The number of rotatable bonds is 3. The van der Waals surface area contributed by atoms with Gasteiger partial charge in [-0.05, 0) is 37.8 Å². The molecule has 1 N–H and O–H groups in total. The van der Waals surface area contributed by atoms with Crippen LogP contribution in [-0.2, 0) is 0 Å². The highest BCUT2D eigenvalue weighted by atomic mass is 15.3. The lowest BCUT2D eigenvalue weighted by molar-refractivity contribution is 0.352. The fourth-order valence-electron chi connectivity index (χ4n) is 3.85. The minimum absolute atomic E-state index is 0.591. The van der Waals surface area contributed by atoms with Gasteiger partial charge < -0.3 is 10.2 Å². The zero-order valence-electron chi connectivity index (χ0n) is 12.4. The van der Waals surface area contributed by atoms with Crippen molar-refractivity contribution in [2.24, 2.45) is 0 Å². The first-order valence-electron chi connectivity index (χ1n) is 7.89. The predicted molar refractivity (Wildman–Crippen MR) is 84.9 cm³/mol. The van der Waals surface area contributed by atoms with E-state index in [9.17, 15) is 0 Å². The van der Waals surface area contributed by atoms with E-state index >= 15 is 0 Å². The third-order valence-electron chi connectivity index (χ3n) is 4.97. The van der Waals surface area contributed by atoms with E-state index in [1.165, 1.54) is 31.4 Å². The summed E-state index contributed by atoms with van der Waals surface area (Å²) in [6.07, 6.45) is 9.08. The Morgan fingerprint density at radius 3 is 2.57 bits per heavy atom. The summed E-state index contributed by atoms with van der Waals surface area (Å²) in [7, 11) is 2.19. The summed E-state index contributed by atoms with van der Waals surface area (Å²) >= 11 is 0. The lowest BCUT2D eigenvalue weighted by Crippen LogP contribution is -2.47. The first-order chi connectivity index (χ1) is 10.3. The monoisotopic (exact) mass is 282 g/mol. The molecule has 2 bridgehead atoms. The number of hydrogen-bond acceptors (Lipinski definition) is 3. The van der Waals surface area contributed by atoms with Crippen molar-refractivity contribution >= 4 is 5.95 Å². The van der Waals surface area contributed by atoms with Gasteiger partial charge in [-0.2, -0.15) is 0 Å². The molecule has 21 heavy (non-hydrogen) atoms. The molecule has 0 radical (unpaired) electrons. The SMILES string of the molecule is CN(c1nccn1-c1ccccc1)C1CC2CCC(C1)N2. The van der Waals surface area contributed by atoms with Gasteiger partial charge in [0.2, 0.25) is 5.95 Å². The fraction of sp³-hybridized carbons (Fsp3) is 0.471. The molecule has 4 nitrogen and oxygen atoms in total. The zero-order valence-corrected chi connectivity index (χ0v) is 12.4. The van der Waals surface area contributed by atoms with E-state index in [0.717, 1.165) is 5.95 Å². The second-order valence-corrected chi connectivity index (χ2v) is 6.31. The van der Waals surface area contributed by atoms with Crippen molar-refractivity contribution in [2.75, 3.05) is 11.9 Å². The molecular formula is C17H22N4. The highest BCUT2D eigenvalue weighted by Gasteiger charge is 2.36. The van der Waals surface area contributed by atoms with E-state index in [1.807, 2.05) is 12.3 Å². The van der Waals surface area contributed by atoms with Crippen LogP contribution in [0.15, 0.2) is 42.7 Å². The van der Waals surface area contributed by atoms with Gasteiger partial charge in [0, 0.05) is 43.3 Å². The quantitative estimate of drug-likeness (QED) is 0.939. The van der Waals surface area contributed by atoms with E-state index in [0.29, 0.717) is 18.1 Å². The number of para-hydroxylation sites is 1. The average Bonchev–Trinajstić information content (AvgIpc) is 3.14. The Balaban J connectivity index is 1.61. The molecule has 110 valence electrons. The smallest absolute Gasteiger partial charge is 0.210 e. The molecule has 0 amide bonds. The van der Waals surface area contributed by atoms with Crippen LogP contribution in [0.2, 0.25) is 0 Å². The molecule has 2 fully saturated rings. The number of piperidine rings is 1. The van der Waals surface area contributed by atoms with Crippen LogP contribution in [-0.4, -0.2) is 34.7 Å². The predicted octanol–water partition coefficient (Wildman–Crippen LogP) is 2.59. The van der Waals surface area contributed by atoms with Crippen LogP contribution >= 0.6 is 0 Å². The topological polar surface area (TPSA) is 33.1 Å². The largest absolute Gasteiger partial charge is 0.342 e. The number of aromatic nitrogens is 2. The summed E-state index contributed by atoms with van der Waals surface area (Å²) in [6.45, 7) is 0. The Labute approximate surface area is 125 Å². The van der Waals surface area contributed by atoms with Crippen molar-refractivity contribution in [3.8, 4) is 5.69 Å². The number of fused-ring (bicyclic) bond motifs is 2. The van der Waals surface area contributed by atoms with Crippen LogP contribution in [0.4, 0.5) is 5.95 Å². The number of imidazole rings is 1. The molecular weight excluding hydrogens is 260 g/mol. The zero-order chi connectivity index (χ0) is 14.2. The van der Waals surface area contributed by atoms with Crippen LogP contribution in [0.1, 0.15) is 25.7 Å². The van der Waals surface area contributed by atoms with Crippen LogP contribution in [0.3, 0.4) is 0 Å². The van der Waals surface area contributed by atoms with Crippen molar-refractivity contribution in [3.05, 3.63) is 42.7 Å². The Morgan fingerprint density at radius 2 is 1.86 bits per heavy atom. The van der Waals surface area contributed by atoms with Gasteiger partial charge in [0.15, 0.2) is 0 Å². The van der Waals surface area contributed by atoms with E-state index in [4.69, 9.17) is 0 Å². The molecule has 4 rings (SSSR count). The molecule has 0 spiro atoms. The van der Waals surface area contributed by atoms with E-state index in [-0.39, 0.29) is 0 Å². The van der Waals surface area contributed by atoms with Crippen molar-refractivity contribution in [3.63, 3.8) is 0 Å². The summed E-state index contributed by atoms with van der Waals surface area (Å²) in [6, 6.07) is 12.5. The first-order valence-corrected chi connectivity index (χ1v) is 7.89. The van der Waals surface area contributed by atoms with Crippen LogP contribution < -0.4 is 10.2 Å². The minimum Gasteiger partial charge on any atom is -0.342 e. The maximum absolute atomic E-state index is 4.61. The maximum Gasteiger partial charge on any atom is 0.210 e. The number of nitrogens with zero attached hydrogens (tertiary/aromatic N) is 3. The van der Waals surface area contributed by atoms with Gasteiger partial charge in [-0.15, -0.1) is 0 Å². The van der Waals surface area contributed by atoms with Crippen molar-refractivity contribution < 1.29 is 0 Å². The summed E-state index contributed by atoms with van der Waals surface area (Å²) < 4.78 is 2.18. The number of nitrogens with one attached hydrogen (secondary N) is 1. The Bertz CT molecular complexity index is 594. The third kappa shape index (κ3) is 2.33. The van der Waals surface area contributed by atoms with Gasteiger partial charge in [0.05, 0.1) is 0 Å². The molecule has 2 aliphatic rings. The van der Waals surface area contributed by atoms with Gasteiger partial charge in [-0.3, -0.25) is 4.57 Å². The Morgan fingerprint density at radius 1 is 1.14 bits per heavy atom. The van der Waals surface area contributed by atoms with E-state index < -0.39 is 0 Å². The molecule has 2 aliphatic heterocycles.